The molecule has 7 heteroatoms. The highest BCUT2D eigenvalue weighted by Gasteiger charge is 2.41. The summed E-state index contributed by atoms with van der Waals surface area (Å²) in [5, 5.41) is 5.00. The number of methoxy groups -OCH3 is 1. The lowest BCUT2D eigenvalue weighted by Crippen LogP contribution is -2.29. The molecule has 0 radical (unpaired) electrons. The molecule has 0 unspecified atom stereocenters. The summed E-state index contributed by atoms with van der Waals surface area (Å²) in [6.45, 7) is 0.645. The molecule has 1 N–H and O–H groups in total. The van der Waals surface area contributed by atoms with E-state index in [0.29, 0.717) is 11.7 Å². The zero-order valence-electron chi connectivity index (χ0n) is 18.0. The smallest absolute Gasteiger partial charge is 0.170 e. The number of ether oxygens (including phenoxy) is 1. The summed E-state index contributed by atoms with van der Waals surface area (Å²) in [6.07, 6.45) is 1.81. The second kappa shape index (κ2) is 9.68. The molecule has 5 nitrogen and oxygen atoms in total. The van der Waals surface area contributed by atoms with Gasteiger partial charge in [0, 0.05) is 17.6 Å². The fraction of sp³-hybridized carbons (Fsp3) is 0.154. The third-order valence-electron chi connectivity index (χ3n) is 5.57. The fourth-order valence-corrected chi connectivity index (χ4v) is 5.07. The number of rotatable bonds is 7. The van der Waals surface area contributed by atoms with Gasteiger partial charge in [-0.3, -0.25) is 4.98 Å². The summed E-state index contributed by atoms with van der Waals surface area (Å²) in [4.78, 5) is 7.90. The summed E-state index contributed by atoms with van der Waals surface area (Å²) in [7, 11) is 1.67. The van der Waals surface area contributed by atoms with E-state index in [-0.39, 0.29) is 12.1 Å². The molecular weight excluding hydrogens is 450 g/mol. The van der Waals surface area contributed by atoms with Gasteiger partial charge in [-0.15, -0.1) is 0 Å². The molecule has 0 spiro atoms. The van der Waals surface area contributed by atoms with Gasteiger partial charge in [-0.1, -0.05) is 48.2 Å². The predicted molar refractivity (Wildman–Crippen MR) is 133 cm³/mol. The van der Waals surface area contributed by atoms with Crippen LogP contribution in [0.2, 0.25) is 0 Å². The van der Waals surface area contributed by atoms with Gasteiger partial charge in [-0.2, -0.15) is 0 Å². The molecule has 1 aliphatic heterocycles. The first kappa shape index (κ1) is 21.6. The van der Waals surface area contributed by atoms with Crippen molar-refractivity contribution in [1.29, 1.82) is 0 Å². The van der Waals surface area contributed by atoms with E-state index in [1.165, 1.54) is 0 Å². The molecule has 5 rings (SSSR count). The largest absolute Gasteiger partial charge is 0.497 e. The van der Waals surface area contributed by atoms with Crippen molar-refractivity contribution in [2.75, 3.05) is 7.11 Å². The van der Waals surface area contributed by atoms with E-state index in [1.807, 2.05) is 66.9 Å². The van der Waals surface area contributed by atoms with Crippen LogP contribution in [0.4, 0.5) is 0 Å². The Labute approximate surface area is 202 Å². The van der Waals surface area contributed by atoms with E-state index in [1.54, 1.807) is 18.9 Å². The fourth-order valence-electron chi connectivity index (χ4n) is 3.97. The van der Waals surface area contributed by atoms with E-state index < -0.39 is 0 Å². The Morgan fingerprint density at radius 2 is 1.79 bits per heavy atom. The van der Waals surface area contributed by atoms with Crippen molar-refractivity contribution in [3.63, 3.8) is 0 Å². The number of aromatic nitrogens is 1. The first-order valence-corrected chi connectivity index (χ1v) is 11.9. The number of nitrogens with one attached hydrogen (secondary N) is 1. The molecule has 1 fully saturated rings. The minimum Gasteiger partial charge on any atom is -0.497 e. The predicted octanol–water partition coefficient (Wildman–Crippen LogP) is 6.01. The molecule has 166 valence electrons. The van der Waals surface area contributed by atoms with E-state index in [9.17, 15) is 0 Å². The first-order chi connectivity index (χ1) is 16.2. The summed E-state index contributed by atoms with van der Waals surface area (Å²) < 4.78 is 11.6. The quantitative estimate of drug-likeness (QED) is 0.330. The van der Waals surface area contributed by atoms with Gasteiger partial charge in [0.1, 0.15) is 17.6 Å². The molecular formula is C26H23N3O2S2. The van der Waals surface area contributed by atoms with Crippen LogP contribution in [-0.4, -0.2) is 22.1 Å². The van der Waals surface area contributed by atoms with Crippen LogP contribution >= 0.6 is 24.0 Å². The Morgan fingerprint density at radius 1 is 1.00 bits per heavy atom. The Balaban J connectivity index is 1.46. The third kappa shape index (κ3) is 4.74. The highest BCUT2D eigenvalue weighted by molar-refractivity contribution is 7.99. The molecule has 0 aliphatic carbocycles. The maximum absolute atomic E-state index is 6.35. The van der Waals surface area contributed by atoms with Crippen LogP contribution in [0.1, 0.15) is 29.1 Å². The zero-order valence-corrected chi connectivity index (χ0v) is 19.7. The topological polar surface area (TPSA) is 50.5 Å². The van der Waals surface area contributed by atoms with Crippen LogP contribution in [0.15, 0.2) is 106 Å². The number of furan rings is 1. The van der Waals surface area contributed by atoms with Crippen molar-refractivity contribution >= 4 is 29.1 Å². The molecule has 2 atom stereocenters. The standard InChI is InChI=1S/C26H23N3O2S2/c1-30-19-12-10-18(11-13-19)17-29-25(24(28-26(29)32)21-9-5-6-16-27-21)22-14-15-23(31-22)33-20-7-3-2-4-8-20/h2-16,24-25H,17H2,1H3,(H,28,32)/t24-,25+/m0/s1. The molecule has 1 saturated heterocycles. The Hall–Kier alpha value is -3.29. The molecule has 33 heavy (non-hydrogen) atoms. The van der Waals surface area contributed by atoms with Gasteiger partial charge >= 0.3 is 0 Å². The summed E-state index contributed by atoms with van der Waals surface area (Å²) in [5.41, 5.74) is 2.06. The zero-order chi connectivity index (χ0) is 22.6. The van der Waals surface area contributed by atoms with Gasteiger partial charge < -0.3 is 19.4 Å². The van der Waals surface area contributed by atoms with Crippen LogP contribution < -0.4 is 10.1 Å². The molecule has 2 aromatic carbocycles. The second-order valence-electron chi connectivity index (χ2n) is 7.67. The van der Waals surface area contributed by atoms with E-state index in [0.717, 1.165) is 32.8 Å². The van der Waals surface area contributed by atoms with Gasteiger partial charge in [-0.05, 0) is 66.3 Å². The van der Waals surface area contributed by atoms with Crippen LogP contribution in [0.25, 0.3) is 0 Å². The highest BCUT2D eigenvalue weighted by Crippen LogP contribution is 2.41. The van der Waals surface area contributed by atoms with Crippen LogP contribution in [-0.2, 0) is 6.54 Å². The second-order valence-corrected chi connectivity index (χ2v) is 9.14. The number of thiocarbonyl (C=S) groups is 1. The lowest BCUT2D eigenvalue weighted by molar-refractivity contribution is 0.254. The lowest BCUT2D eigenvalue weighted by atomic mass is 10.0. The van der Waals surface area contributed by atoms with Crippen LogP contribution in [0, 0.1) is 0 Å². The number of hydrogen-bond donors (Lipinski definition) is 1. The summed E-state index contributed by atoms with van der Waals surface area (Å²) in [6, 6.07) is 28.0. The molecule has 4 aromatic rings. The van der Waals surface area contributed by atoms with Gasteiger partial charge in [0.2, 0.25) is 0 Å². The first-order valence-electron chi connectivity index (χ1n) is 10.6. The molecule has 2 aromatic heterocycles. The van der Waals surface area contributed by atoms with E-state index >= 15 is 0 Å². The summed E-state index contributed by atoms with van der Waals surface area (Å²) >= 11 is 7.38. The number of pyridine rings is 1. The highest BCUT2D eigenvalue weighted by atomic mass is 32.2. The van der Waals surface area contributed by atoms with Crippen molar-refractivity contribution in [1.82, 2.24) is 15.2 Å². The minimum absolute atomic E-state index is 0.113. The molecule has 0 saturated carbocycles. The molecule has 3 heterocycles. The Morgan fingerprint density at radius 3 is 2.52 bits per heavy atom. The van der Waals surface area contributed by atoms with Gasteiger partial charge in [0.05, 0.1) is 18.8 Å². The molecule has 0 amide bonds. The van der Waals surface area contributed by atoms with Crippen molar-refractivity contribution < 1.29 is 9.15 Å². The maximum atomic E-state index is 6.35. The van der Waals surface area contributed by atoms with Gasteiger partial charge in [0.25, 0.3) is 0 Å². The normalized spacial score (nSPS) is 17.7. The number of nitrogens with zero attached hydrogens (tertiary/aromatic N) is 2. The Bertz CT molecular complexity index is 1210. The maximum Gasteiger partial charge on any atom is 0.170 e. The SMILES string of the molecule is COc1ccc(CN2C(=S)N[C@@H](c3ccccn3)[C@H]2c2ccc(Sc3ccccc3)o2)cc1. The van der Waals surface area contributed by atoms with Crippen LogP contribution in [0.3, 0.4) is 0 Å². The lowest BCUT2D eigenvalue weighted by Gasteiger charge is -2.26. The van der Waals surface area contributed by atoms with Crippen molar-refractivity contribution in [3.8, 4) is 5.75 Å². The number of hydrogen-bond acceptors (Lipinski definition) is 5. The van der Waals surface area contributed by atoms with Crippen molar-refractivity contribution in [2.24, 2.45) is 0 Å². The number of benzene rings is 2. The average Bonchev–Trinajstić information content (AvgIpc) is 3.45. The van der Waals surface area contributed by atoms with Crippen LogP contribution in [0.5, 0.6) is 5.75 Å². The Kier molecular flexibility index (Phi) is 6.32. The van der Waals surface area contributed by atoms with E-state index in [2.05, 4.69) is 39.5 Å². The monoisotopic (exact) mass is 473 g/mol. The van der Waals surface area contributed by atoms with Gasteiger partial charge in [-0.25, -0.2) is 0 Å². The molecule has 1 aliphatic rings. The van der Waals surface area contributed by atoms with Crippen molar-refractivity contribution in [3.05, 3.63) is 108 Å². The van der Waals surface area contributed by atoms with Gasteiger partial charge in [0.15, 0.2) is 10.2 Å². The van der Waals surface area contributed by atoms with Crippen molar-refractivity contribution in [2.45, 2.75) is 28.6 Å². The third-order valence-corrected chi connectivity index (χ3v) is 6.85. The average molecular weight is 474 g/mol. The minimum atomic E-state index is -0.125. The van der Waals surface area contributed by atoms with E-state index in [4.69, 9.17) is 21.4 Å². The summed E-state index contributed by atoms with van der Waals surface area (Å²) in [5.74, 6) is 1.68. The molecule has 0 bridgehead atoms.